The second kappa shape index (κ2) is 14.8. The molecule has 1 aliphatic heterocycles. The van der Waals surface area contributed by atoms with E-state index in [0.717, 1.165) is 29.0 Å². The third kappa shape index (κ3) is 8.97. The smallest absolute Gasteiger partial charge is 1.00 e. The van der Waals surface area contributed by atoms with Gasteiger partial charge in [0.05, 0.1) is 13.2 Å². The number of benzene rings is 1. The molecule has 0 radical (unpaired) electrons. The van der Waals surface area contributed by atoms with Gasteiger partial charge < -0.3 is 38.4 Å². The van der Waals surface area contributed by atoms with Gasteiger partial charge in [0.1, 0.15) is 29.8 Å². The average Bonchev–Trinajstić information content (AvgIpc) is 3.28. The molecule has 22 heteroatoms. The molecule has 0 aliphatic carbocycles. The zero-order valence-electron chi connectivity index (χ0n) is 23.7. The fourth-order valence-electron chi connectivity index (χ4n) is 3.52. The van der Waals surface area contributed by atoms with Crippen LogP contribution in [0.5, 0.6) is 0 Å². The van der Waals surface area contributed by atoms with E-state index in [2.05, 4.69) is 14.0 Å². The molecule has 4 rings (SSSR count). The number of rotatable bonds is 8. The van der Waals surface area contributed by atoms with Crippen LogP contribution in [0.4, 0.5) is 4.39 Å². The number of aliphatic hydroxyl groups excluding tert-OH is 2. The summed E-state index contributed by atoms with van der Waals surface area (Å²) in [5.74, 6) is -0.584. The Bertz CT molecular complexity index is 1530. The topological polar surface area (TPSA) is 233 Å². The molecule has 0 amide bonds. The van der Waals surface area contributed by atoms with Crippen molar-refractivity contribution in [3.05, 3.63) is 62.8 Å². The van der Waals surface area contributed by atoms with E-state index >= 15 is 0 Å². The number of aliphatic hydroxyl groups is 2. The number of halogens is 1. The maximum Gasteiger partial charge on any atom is 1.00 e. The molecule has 16 nitrogen and oxygen atoms in total. The fourth-order valence-corrected chi connectivity index (χ4v) is 5.12. The van der Waals surface area contributed by atoms with Crippen molar-refractivity contribution in [1.82, 2.24) is 14.3 Å². The Labute approximate surface area is 288 Å². The van der Waals surface area contributed by atoms with Crippen LogP contribution in [0.2, 0.25) is 0 Å². The van der Waals surface area contributed by atoms with Gasteiger partial charge >= 0.3 is 110 Å². The summed E-state index contributed by atoms with van der Waals surface area (Å²) >= 11 is 0. The van der Waals surface area contributed by atoms with Crippen LogP contribution >= 0.6 is 15.6 Å². The molecule has 0 bridgehead atoms. The Hall–Kier alpha value is 0.440. The molecule has 39 heavy (non-hydrogen) atoms. The molecule has 0 saturated carbocycles. The van der Waals surface area contributed by atoms with Gasteiger partial charge in [-0.1, -0.05) is 5.16 Å². The first-order valence-corrected chi connectivity index (χ1v) is 12.9. The first-order valence-electron chi connectivity index (χ1n) is 9.87. The van der Waals surface area contributed by atoms with Gasteiger partial charge in [-0.25, -0.2) is 18.3 Å². The van der Waals surface area contributed by atoms with Crippen LogP contribution in [-0.4, -0.2) is 64.1 Å². The zero-order chi connectivity index (χ0) is 26.4. The summed E-state index contributed by atoms with van der Waals surface area (Å²) in [5, 5.41) is 24.7. The van der Waals surface area contributed by atoms with Crippen molar-refractivity contribution >= 4 is 26.6 Å². The van der Waals surface area contributed by atoms with Crippen LogP contribution in [0.25, 0.3) is 11.0 Å². The van der Waals surface area contributed by atoms with Crippen molar-refractivity contribution in [1.29, 1.82) is 0 Å². The minimum atomic E-state index is -5.39. The molecule has 202 valence electrons. The summed E-state index contributed by atoms with van der Waals surface area (Å²) in [5.41, 5.74) is -1.56. The van der Waals surface area contributed by atoms with Crippen LogP contribution in [0, 0.1) is 5.82 Å². The number of fused-ring (bicyclic) bond motifs is 1. The van der Waals surface area contributed by atoms with Crippen LogP contribution in [0.15, 0.2) is 44.6 Å². The van der Waals surface area contributed by atoms with E-state index < -0.39 is 70.4 Å². The summed E-state index contributed by atoms with van der Waals surface area (Å²) in [7, 11) is -10.7. The van der Waals surface area contributed by atoms with E-state index in [4.69, 9.17) is 19.0 Å². The zero-order valence-corrected chi connectivity index (χ0v) is 28.5. The summed E-state index contributed by atoms with van der Waals surface area (Å²) in [6, 6.07) is 4.52. The molecule has 3 aromatic rings. The van der Waals surface area contributed by atoms with Gasteiger partial charge in [0, 0.05) is 23.7 Å². The molecular weight excluding hydrogens is 604 g/mol. The number of phosphoric acid groups is 2. The Kier molecular flexibility index (Phi) is 14.2. The van der Waals surface area contributed by atoms with Gasteiger partial charge in [0.25, 0.3) is 5.56 Å². The second-order valence-corrected chi connectivity index (χ2v) is 10.4. The molecule has 1 fully saturated rings. The Morgan fingerprint density at radius 3 is 2.38 bits per heavy atom. The minimum Gasteiger partial charge on any atom is -1.00 e. The normalized spacial score (nSPS) is 22.4. The van der Waals surface area contributed by atoms with E-state index in [0.29, 0.717) is 9.95 Å². The SMILES string of the molecule is O=c1ccn([C@@H]2O[C@H](COP(=O)(O)OP(=O)(O)O)C(O)[C@@H]2O)c(=O)n1Cc1noc2cc(F)ccc12.[H-].[H-].[H-].[Na+].[Na+].[Na+]. The third-order valence-corrected chi connectivity index (χ3v) is 7.29. The predicted octanol–water partition coefficient (Wildman–Crippen LogP) is -9.47. The number of hydrogen-bond acceptors (Lipinski definition) is 11. The van der Waals surface area contributed by atoms with E-state index in [1.807, 2.05) is 0 Å². The molecule has 0 spiro atoms. The van der Waals surface area contributed by atoms with E-state index in [1.165, 1.54) is 6.07 Å². The standard InChI is InChI=1S/C17H18FN3O13P2.3Na.3H/c18-8-1-2-9-10(19-33-11(9)5-8)6-21-13(22)3-4-20(17(21)25)16-15(24)14(23)12(32-16)7-31-36(29,30)34-35(26,27)28;;;;;;/h1-5,12,14-16,23-24H,6-7H2,(H,29,30)(H2,26,27,28);;;;;;/q;3*+1;3*-1/t12-,14?,15+,16-;;;;;;/m1....../s1. The summed E-state index contributed by atoms with van der Waals surface area (Å²) < 4.78 is 55.6. The molecule has 5 atom stereocenters. The maximum atomic E-state index is 13.4. The largest absolute Gasteiger partial charge is 1.00 e. The molecule has 2 unspecified atom stereocenters. The van der Waals surface area contributed by atoms with E-state index in [9.17, 15) is 38.2 Å². The van der Waals surface area contributed by atoms with Gasteiger partial charge in [0.2, 0.25) is 0 Å². The average molecular weight is 625 g/mol. The van der Waals surface area contributed by atoms with Gasteiger partial charge in [-0.3, -0.25) is 18.5 Å². The van der Waals surface area contributed by atoms with E-state index in [1.54, 1.807) is 0 Å². The van der Waals surface area contributed by atoms with Crippen LogP contribution in [-0.2, 0) is 29.2 Å². The molecule has 5 N–H and O–H groups in total. The van der Waals surface area contributed by atoms with Gasteiger partial charge in [-0.05, 0) is 12.1 Å². The molecule has 2 aromatic heterocycles. The number of ether oxygens (including phenoxy) is 1. The van der Waals surface area contributed by atoms with Gasteiger partial charge in [-0.15, -0.1) is 0 Å². The first kappa shape index (κ1) is 37.5. The second-order valence-electron chi connectivity index (χ2n) is 7.58. The molecule has 1 aliphatic rings. The Morgan fingerprint density at radius 2 is 1.74 bits per heavy atom. The van der Waals surface area contributed by atoms with Crippen molar-refractivity contribution in [3.63, 3.8) is 0 Å². The van der Waals surface area contributed by atoms with Crippen molar-refractivity contribution in [2.75, 3.05) is 6.61 Å². The third-order valence-electron chi connectivity index (χ3n) is 5.14. The number of hydrogen-bond donors (Lipinski definition) is 5. The Morgan fingerprint density at radius 1 is 1.08 bits per heavy atom. The predicted molar refractivity (Wildman–Crippen MR) is 116 cm³/mol. The van der Waals surface area contributed by atoms with Crippen molar-refractivity contribution in [2.45, 2.75) is 31.1 Å². The molecular formula is C17H21FN3Na3O13P2. The summed E-state index contributed by atoms with van der Waals surface area (Å²) in [6.45, 7) is -1.37. The van der Waals surface area contributed by atoms with Crippen LogP contribution in [0.1, 0.15) is 16.2 Å². The fraction of sp³-hybridized carbons (Fsp3) is 0.353. The van der Waals surface area contributed by atoms with Crippen molar-refractivity contribution in [3.8, 4) is 0 Å². The number of phosphoric ester groups is 1. The molecule has 1 aromatic carbocycles. The van der Waals surface area contributed by atoms with Crippen molar-refractivity contribution < 1.29 is 149 Å². The quantitative estimate of drug-likeness (QED) is 0.116. The monoisotopic (exact) mass is 625 g/mol. The summed E-state index contributed by atoms with van der Waals surface area (Å²) in [6.07, 6.45) is -5.75. The molecule has 1 saturated heterocycles. The maximum absolute atomic E-state index is 13.4. The van der Waals surface area contributed by atoms with Gasteiger partial charge in [0.15, 0.2) is 11.8 Å². The van der Waals surface area contributed by atoms with Crippen molar-refractivity contribution in [2.24, 2.45) is 0 Å². The molecule has 3 heterocycles. The summed E-state index contributed by atoms with van der Waals surface area (Å²) in [4.78, 5) is 52.1. The number of aromatic nitrogens is 3. The Balaban J connectivity index is -0.00000253. The number of nitrogens with zero attached hydrogens (tertiary/aromatic N) is 3. The van der Waals surface area contributed by atoms with Gasteiger partial charge in [-0.2, -0.15) is 4.31 Å². The van der Waals surface area contributed by atoms with E-state index in [-0.39, 0.29) is 104 Å². The first-order chi connectivity index (χ1) is 16.8. The minimum absolute atomic E-state index is 0. The van der Waals surface area contributed by atoms with Crippen LogP contribution in [0.3, 0.4) is 0 Å². The van der Waals surface area contributed by atoms with Crippen LogP contribution < -0.4 is 99.9 Å².